The zero-order chi connectivity index (χ0) is 6.97. The van der Waals surface area contributed by atoms with Gasteiger partial charge in [0.1, 0.15) is 0 Å². The van der Waals surface area contributed by atoms with Crippen LogP contribution in [0.2, 0.25) is 0 Å². The summed E-state index contributed by atoms with van der Waals surface area (Å²) in [6.45, 7) is 2.73. The van der Waals surface area contributed by atoms with E-state index in [1.165, 1.54) is 0 Å². The summed E-state index contributed by atoms with van der Waals surface area (Å²) in [5.41, 5.74) is 0. The van der Waals surface area contributed by atoms with Crippen LogP contribution in [0.15, 0.2) is 0 Å². The molecule has 3 heteroatoms. The van der Waals surface area contributed by atoms with Crippen molar-refractivity contribution < 1.29 is 9.47 Å². The molecule has 2 rings (SSSR count). The van der Waals surface area contributed by atoms with Crippen LogP contribution in [0, 0.1) is 5.92 Å². The van der Waals surface area contributed by atoms with Crippen LogP contribution in [0.5, 0.6) is 0 Å². The SMILES string of the molecule is CO[C@H]1CN[C@@H]2COC[C@H]12. The Hall–Kier alpha value is -0.120. The molecule has 0 spiro atoms. The lowest BCUT2D eigenvalue weighted by molar-refractivity contribution is 0.0637. The first-order valence-corrected chi connectivity index (χ1v) is 3.75. The fourth-order valence-corrected chi connectivity index (χ4v) is 1.82. The Morgan fingerprint density at radius 2 is 2.40 bits per heavy atom. The van der Waals surface area contributed by atoms with E-state index in [2.05, 4.69) is 5.32 Å². The van der Waals surface area contributed by atoms with Gasteiger partial charge in [-0.1, -0.05) is 0 Å². The molecular formula is C7H13NO2. The number of hydrogen-bond donors (Lipinski definition) is 1. The molecule has 0 saturated carbocycles. The van der Waals surface area contributed by atoms with Crippen LogP contribution in [0.4, 0.5) is 0 Å². The smallest absolute Gasteiger partial charge is 0.0761 e. The van der Waals surface area contributed by atoms with Gasteiger partial charge in [0.05, 0.1) is 19.3 Å². The van der Waals surface area contributed by atoms with E-state index < -0.39 is 0 Å². The molecule has 2 heterocycles. The summed E-state index contributed by atoms with van der Waals surface area (Å²) in [6, 6.07) is 0.560. The summed E-state index contributed by atoms with van der Waals surface area (Å²) in [4.78, 5) is 0. The Labute approximate surface area is 60.7 Å². The molecular weight excluding hydrogens is 130 g/mol. The number of nitrogens with one attached hydrogen (secondary N) is 1. The molecule has 0 aromatic rings. The van der Waals surface area contributed by atoms with Crippen LogP contribution in [-0.2, 0) is 9.47 Å². The van der Waals surface area contributed by atoms with Gasteiger partial charge in [-0.25, -0.2) is 0 Å². The summed E-state index contributed by atoms with van der Waals surface area (Å²) in [7, 11) is 1.77. The zero-order valence-electron chi connectivity index (χ0n) is 6.17. The van der Waals surface area contributed by atoms with Crippen molar-refractivity contribution in [2.45, 2.75) is 12.1 Å². The van der Waals surface area contributed by atoms with Gasteiger partial charge in [-0.2, -0.15) is 0 Å². The zero-order valence-corrected chi connectivity index (χ0v) is 6.17. The Morgan fingerprint density at radius 3 is 3.20 bits per heavy atom. The van der Waals surface area contributed by atoms with Gasteiger partial charge >= 0.3 is 0 Å². The molecule has 2 fully saturated rings. The number of rotatable bonds is 1. The highest BCUT2D eigenvalue weighted by atomic mass is 16.5. The topological polar surface area (TPSA) is 30.5 Å². The summed E-state index contributed by atoms with van der Waals surface area (Å²) >= 11 is 0. The largest absolute Gasteiger partial charge is 0.380 e. The van der Waals surface area contributed by atoms with Crippen LogP contribution in [-0.4, -0.2) is 39.0 Å². The van der Waals surface area contributed by atoms with Crippen molar-refractivity contribution >= 4 is 0 Å². The van der Waals surface area contributed by atoms with Gasteiger partial charge in [-0.3, -0.25) is 0 Å². The van der Waals surface area contributed by atoms with E-state index >= 15 is 0 Å². The van der Waals surface area contributed by atoms with Gasteiger partial charge in [-0.05, 0) is 0 Å². The first-order valence-electron chi connectivity index (χ1n) is 3.75. The van der Waals surface area contributed by atoms with E-state index in [-0.39, 0.29) is 0 Å². The molecule has 2 aliphatic heterocycles. The van der Waals surface area contributed by atoms with Gasteiger partial charge in [0.25, 0.3) is 0 Å². The van der Waals surface area contributed by atoms with Crippen molar-refractivity contribution in [1.29, 1.82) is 0 Å². The Morgan fingerprint density at radius 1 is 1.50 bits per heavy atom. The average Bonchev–Trinajstić information content (AvgIpc) is 2.44. The number of hydrogen-bond acceptors (Lipinski definition) is 3. The van der Waals surface area contributed by atoms with E-state index in [0.717, 1.165) is 19.8 Å². The van der Waals surface area contributed by atoms with Crippen LogP contribution >= 0.6 is 0 Å². The monoisotopic (exact) mass is 143 g/mol. The highest BCUT2D eigenvalue weighted by Gasteiger charge is 2.39. The minimum Gasteiger partial charge on any atom is -0.380 e. The first kappa shape index (κ1) is 6.58. The maximum atomic E-state index is 5.30. The molecule has 0 amide bonds. The molecule has 0 aliphatic carbocycles. The van der Waals surface area contributed by atoms with Crippen LogP contribution in [0.3, 0.4) is 0 Å². The minimum absolute atomic E-state index is 0.382. The third-order valence-corrected chi connectivity index (χ3v) is 2.49. The molecule has 3 atom stereocenters. The lowest BCUT2D eigenvalue weighted by Crippen LogP contribution is -2.26. The van der Waals surface area contributed by atoms with Crippen LogP contribution < -0.4 is 5.32 Å². The highest BCUT2D eigenvalue weighted by Crippen LogP contribution is 2.24. The van der Waals surface area contributed by atoms with Crippen molar-refractivity contribution in [2.75, 3.05) is 26.9 Å². The molecule has 0 aromatic carbocycles. The van der Waals surface area contributed by atoms with Gasteiger partial charge in [0.15, 0.2) is 0 Å². The summed E-state index contributed by atoms with van der Waals surface area (Å²) in [6.07, 6.45) is 0.382. The van der Waals surface area contributed by atoms with Crippen LogP contribution in [0.1, 0.15) is 0 Å². The van der Waals surface area contributed by atoms with Gasteiger partial charge in [-0.15, -0.1) is 0 Å². The molecule has 2 saturated heterocycles. The van der Waals surface area contributed by atoms with Gasteiger partial charge in [0.2, 0.25) is 0 Å². The van der Waals surface area contributed by atoms with Crippen molar-refractivity contribution in [1.82, 2.24) is 5.32 Å². The maximum absolute atomic E-state index is 5.30. The quantitative estimate of drug-likeness (QED) is 0.542. The second-order valence-corrected chi connectivity index (χ2v) is 2.99. The summed E-state index contributed by atoms with van der Waals surface area (Å²) in [5.74, 6) is 0.602. The summed E-state index contributed by atoms with van der Waals surface area (Å²) in [5, 5.41) is 3.37. The number of fused-ring (bicyclic) bond motifs is 1. The molecule has 2 aliphatic rings. The normalized spacial score (nSPS) is 45.9. The molecule has 1 N–H and O–H groups in total. The number of methoxy groups -OCH3 is 1. The highest BCUT2D eigenvalue weighted by molar-refractivity contribution is 4.94. The second kappa shape index (κ2) is 2.49. The van der Waals surface area contributed by atoms with E-state index in [1.807, 2.05) is 0 Å². The summed E-state index contributed by atoms with van der Waals surface area (Å²) < 4.78 is 10.6. The van der Waals surface area contributed by atoms with E-state index in [0.29, 0.717) is 18.1 Å². The Bertz CT molecular complexity index is 129. The number of ether oxygens (including phenoxy) is 2. The van der Waals surface area contributed by atoms with Crippen molar-refractivity contribution in [3.63, 3.8) is 0 Å². The lowest BCUT2D eigenvalue weighted by Gasteiger charge is -2.12. The second-order valence-electron chi connectivity index (χ2n) is 2.99. The third-order valence-electron chi connectivity index (χ3n) is 2.49. The average molecular weight is 143 g/mol. The Kier molecular flexibility index (Phi) is 1.64. The predicted molar refractivity (Wildman–Crippen MR) is 36.9 cm³/mol. The molecule has 0 bridgehead atoms. The molecule has 10 heavy (non-hydrogen) atoms. The third kappa shape index (κ3) is 0.856. The van der Waals surface area contributed by atoms with Crippen LogP contribution in [0.25, 0.3) is 0 Å². The van der Waals surface area contributed by atoms with Gasteiger partial charge in [0, 0.05) is 25.6 Å². The lowest BCUT2D eigenvalue weighted by atomic mass is 10.0. The van der Waals surface area contributed by atoms with E-state index in [1.54, 1.807) is 7.11 Å². The fraction of sp³-hybridized carbons (Fsp3) is 1.00. The maximum Gasteiger partial charge on any atom is 0.0761 e. The van der Waals surface area contributed by atoms with Crippen molar-refractivity contribution in [2.24, 2.45) is 5.92 Å². The van der Waals surface area contributed by atoms with Crippen molar-refractivity contribution in [3.8, 4) is 0 Å². The Balaban J connectivity index is 2.01. The molecule has 0 aromatic heterocycles. The predicted octanol–water partition coefficient (Wildman–Crippen LogP) is -0.380. The first-order chi connectivity index (χ1) is 4.92. The molecule has 0 radical (unpaired) electrons. The van der Waals surface area contributed by atoms with E-state index in [4.69, 9.17) is 9.47 Å². The minimum atomic E-state index is 0.382. The van der Waals surface area contributed by atoms with E-state index in [9.17, 15) is 0 Å². The van der Waals surface area contributed by atoms with Crippen molar-refractivity contribution in [3.05, 3.63) is 0 Å². The molecule has 3 nitrogen and oxygen atoms in total. The van der Waals surface area contributed by atoms with Gasteiger partial charge < -0.3 is 14.8 Å². The molecule has 58 valence electrons. The fourth-order valence-electron chi connectivity index (χ4n) is 1.82. The standard InChI is InChI=1S/C7H13NO2/c1-9-7-2-8-6-4-10-3-5(6)7/h5-8H,2-4H2,1H3/t5-,6+,7-/m0/s1. The molecule has 0 unspecified atom stereocenters.